The van der Waals surface area contributed by atoms with E-state index in [1.807, 2.05) is 10.9 Å². The molecule has 0 aliphatic rings. The molecule has 5 nitrogen and oxygen atoms in total. The van der Waals surface area contributed by atoms with E-state index < -0.39 is 5.82 Å². The van der Waals surface area contributed by atoms with Crippen LogP contribution in [0.4, 0.5) is 10.2 Å². The molecule has 0 saturated carbocycles. The van der Waals surface area contributed by atoms with Gasteiger partial charge >= 0.3 is 0 Å². The Balaban J connectivity index is 2.29. The number of hydrazine groups is 1. The summed E-state index contributed by atoms with van der Waals surface area (Å²) in [5, 5.41) is 4.18. The Morgan fingerprint density at radius 1 is 1.41 bits per heavy atom. The number of hydrogen-bond acceptors (Lipinski definition) is 4. The van der Waals surface area contributed by atoms with Crippen LogP contribution in [0.25, 0.3) is 11.1 Å². The van der Waals surface area contributed by atoms with E-state index >= 15 is 0 Å². The summed E-state index contributed by atoms with van der Waals surface area (Å²) in [6, 6.07) is 1.38. The summed E-state index contributed by atoms with van der Waals surface area (Å²) >= 11 is 0. The molecule has 3 N–H and O–H groups in total. The predicted molar refractivity (Wildman–Crippen MR) is 63.5 cm³/mol. The van der Waals surface area contributed by atoms with Crippen molar-refractivity contribution >= 4 is 5.82 Å². The van der Waals surface area contributed by atoms with Crippen LogP contribution >= 0.6 is 0 Å². The number of hydrogen-bond donors (Lipinski definition) is 2. The first-order chi connectivity index (χ1) is 8.24. The fourth-order valence-corrected chi connectivity index (χ4v) is 1.57. The number of pyridine rings is 1. The molecule has 0 saturated heterocycles. The monoisotopic (exact) mass is 235 g/mol. The second-order valence-electron chi connectivity index (χ2n) is 3.69. The Kier molecular flexibility index (Phi) is 3.34. The minimum Gasteiger partial charge on any atom is -0.306 e. The summed E-state index contributed by atoms with van der Waals surface area (Å²) in [5.74, 6) is 4.67. The lowest BCUT2D eigenvalue weighted by atomic mass is 10.1. The molecule has 90 valence electrons. The van der Waals surface area contributed by atoms with Crippen molar-refractivity contribution in [2.24, 2.45) is 5.84 Å². The quantitative estimate of drug-likeness (QED) is 0.626. The third kappa shape index (κ3) is 2.42. The number of nitrogen functional groups attached to an aromatic ring is 1. The third-order valence-corrected chi connectivity index (χ3v) is 2.40. The topological polar surface area (TPSA) is 68.8 Å². The molecule has 2 aromatic heterocycles. The SMILES string of the molecule is CCCn1cc(-c2cnc(NN)c(F)c2)cn1. The Bertz CT molecular complexity index is 508. The number of nitrogens with zero attached hydrogens (tertiary/aromatic N) is 3. The molecule has 0 atom stereocenters. The van der Waals surface area contributed by atoms with Crippen molar-refractivity contribution in [2.75, 3.05) is 5.43 Å². The van der Waals surface area contributed by atoms with E-state index in [1.165, 1.54) is 6.07 Å². The van der Waals surface area contributed by atoms with Crippen molar-refractivity contribution in [2.45, 2.75) is 19.9 Å². The maximum absolute atomic E-state index is 13.5. The Morgan fingerprint density at radius 2 is 2.24 bits per heavy atom. The maximum atomic E-state index is 13.5. The molecular weight excluding hydrogens is 221 g/mol. The molecule has 0 fully saturated rings. The lowest BCUT2D eigenvalue weighted by Gasteiger charge is -2.02. The number of nitrogens with two attached hydrogens (primary N) is 1. The van der Waals surface area contributed by atoms with Crippen LogP contribution in [-0.4, -0.2) is 14.8 Å². The summed E-state index contributed by atoms with van der Waals surface area (Å²) in [4.78, 5) is 3.88. The first kappa shape index (κ1) is 11.5. The van der Waals surface area contributed by atoms with Crippen molar-refractivity contribution in [1.29, 1.82) is 0 Å². The molecule has 0 bridgehead atoms. The average molecular weight is 235 g/mol. The molecule has 0 aliphatic carbocycles. The summed E-state index contributed by atoms with van der Waals surface area (Å²) in [6.07, 6.45) is 6.13. The lowest BCUT2D eigenvalue weighted by Crippen LogP contribution is -2.10. The second-order valence-corrected chi connectivity index (χ2v) is 3.69. The van der Waals surface area contributed by atoms with Gasteiger partial charge in [0.25, 0.3) is 0 Å². The normalized spacial score (nSPS) is 10.5. The average Bonchev–Trinajstić information content (AvgIpc) is 2.78. The molecule has 17 heavy (non-hydrogen) atoms. The first-order valence-electron chi connectivity index (χ1n) is 5.39. The maximum Gasteiger partial charge on any atom is 0.176 e. The number of anilines is 1. The highest BCUT2D eigenvalue weighted by molar-refractivity contribution is 5.62. The molecule has 0 unspecified atom stereocenters. The van der Waals surface area contributed by atoms with Crippen molar-refractivity contribution in [3.8, 4) is 11.1 Å². The van der Waals surface area contributed by atoms with Crippen LogP contribution in [-0.2, 0) is 6.54 Å². The minimum absolute atomic E-state index is 0.0368. The van der Waals surface area contributed by atoms with Crippen LogP contribution in [0, 0.1) is 5.82 Å². The molecular formula is C11H14FN5. The number of aryl methyl sites for hydroxylation is 1. The van der Waals surface area contributed by atoms with Crippen LogP contribution < -0.4 is 11.3 Å². The van der Waals surface area contributed by atoms with Gasteiger partial charge in [0.1, 0.15) is 0 Å². The van der Waals surface area contributed by atoms with Crippen molar-refractivity contribution < 1.29 is 4.39 Å². The third-order valence-electron chi connectivity index (χ3n) is 2.40. The Morgan fingerprint density at radius 3 is 2.88 bits per heavy atom. The number of nitrogens with one attached hydrogen (secondary N) is 1. The molecule has 2 aromatic rings. The predicted octanol–water partition coefficient (Wildman–Crippen LogP) is 1.78. The summed E-state index contributed by atoms with van der Waals surface area (Å²) in [6.45, 7) is 2.92. The summed E-state index contributed by atoms with van der Waals surface area (Å²) in [7, 11) is 0. The van der Waals surface area contributed by atoms with E-state index in [2.05, 4.69) is 22.4 Å². The van der Waals surface area contributed by atoms with Crippen molar-refractivity contribution in [1.82, 2.24) is 14.8 Å². The van der Waals surface area contributed by atoms with Crippen molar-refractivity contribution in [3.63, 3.8) is 0 Å². The Labute approximate surface area is 98.4 Å². The number of halogens is 1. The van der Waals surface area contributed by atoms with Gasteiger partial charge in [-0.25, -0.2) is 15.2 Å². The zero-order valence-electron chi connectivity index (χ0n) is 9.52. The van der Waals surface area contributed by atoms with Crippen LogP contribution in [0.5, 0.6) is 0 Å². The molecule has 0 aromatic carbocycles. The molecule has 2 heterocycles. The zero-order chi connectivity index (χ0) is 12.3. The van der Waals surface area contributed by atoms with E-state index in [1.54, 1.807) is 12.4 Å². The number of rotatable bonds is 4. The first-order valence-corrected chi connectivity index (χ1v) is 5.39. The molecule has 0 amide bonds. The lowest BCUT2D eigenvalue weighted by molar-refractivity contribution is 0.603. The largest absolute Gasteiger partial charge is 0.306 e. The zero-order valence-corrected chi connectivity index (χ0v) is 9.52. The molecule has 0 spiro atoms. The second kappa shape index (κ2) is 4.92. The molecule has 0 radical (unpaired) electrons. The van der Waals surface area contributed by atoms with E-state index in [0.29, 0.717) is 5.56 Å². The van der Waals surface area contributed by atoms with Gasteiger partial charge < -0.3 is 5.43 Å². The smallest absolute Gasteiger partial charge is 0.176 e. The summed E-state index contributed by atoms with van der Waals surface area (Å²) in [5.41, 5.74) is 3.72. The van der Waals surface area contributed by atoms with Crippen LogP contribution in [0.15, 0.2) is 24.7 Å². The van der Waals surface area contributed by atoms with Crippen LogP contribution in [0.2, 0.25) is 0 Å². The highest BCUT2D eigenvalue weighted by Crippen LogP contribution is 2.21. The van der Waals surface area contributed by atoms with Gasteiger partial charge in [0.2, 0.25) is 0 Å². The highest BCUT2D eigenvalue weighted by atomic mass is 19.1. The highest BCUT2D eigenvalue weighted by Gasteiger charge is 2.07. The molecule has 0 aliphatic heterocycles. The van der Waals surface area contributed by atoms with Gasteiger partial charge in [0.15, 0.2) is 11.6 Å². The van der Waals surface area contributed by atoms with Crippen LogP contribution in [0.3, 0.4) is 0 Å². The van der Waals surface area contributed by atoms with E-state index in [9.17, 15) is 4.39 Å². The van der Waals surface area contributed by atoms with Crippen molar-refractivity contribution in [3.05, 3.63) is 30.5 Å². The van der Waals surface area contributed by atoms with Gasteiger partial charge in [-0.05, 0) is 12.5 Å². The number of aromatic nitrogens is 3. The van der Waals surface area contributed by atoms with E-state index in [0.717, 1.165) is 18.5 Å². The fraction of sp³-hybridized carbons (Fsp3) is 0.273. The fourth-order valence-electron chi connectivity index (χ4n) is 1.57. The van der Waals surface area contributed by atoms with Gasteiger partial charge in [0, 0.05) is 30.1 Å². The van der Waals surface area contributed by atoms with Gasteiger partial charge in [-0.3, -0.25) is 4.68 Å². The van der Waals surface area contributed by atoms with Gasteiger partial charge in [-0.1, -0.05) is 6.92 Å². The van der Waals surface area contributed by atoms with Gasteiger partial charge in [-0.2, -0.15) is 5.10 Å². The molecule has 2 rings (SSSR count). The minimum atomic E-state index is -0.478. The van der Waals surface area contributed by atoms with Crippen LogP contribution in [0.1, 0.15) is 13.3 Å². The van der Waals surface area contributed by atoms with E-state index in [4.69, 9.17) is 5.84 Å². The standard InChI is InChI=1S/C11H14FN5/c1-2-3-17-7-9(6-15-17)8-4-10(12)11(16-13)14-5-8/h4-7H,2-3,13H2,1H3,(H,14,16). The molecule has 6 heteroatoms. The Hall–Kier alpha value is -1.95. The van der Waals surface area contributed by atoms with Gasteiger partial charge in [-0.15, -0.1) is 0 Å². The van der Waals surface area contributed by atoms with E-state index in [-0.39, 0.29) is 5.82 Å². The van der Waals surface area contributed by atoms with Gasteiger partial charge in [0.05, 0.1) is 6.20 Å². The summed E-state index contributed by atoms with van der Waals surface area (Å²) < 4.78 is 15.3.